The molecule has 2 aliphatic carbocycles. The van der Waals surface area contributed by atoms with Gasteiger partial charge in [0.25, 0.3) is 11.8 Å². The minimum absolute atomic E-state index is 0.0155. The van der Waals surface area contributed by atoms with Crippen molar-refractivity contribution in [1.29, 1.82) is 0 Å². The molecule has 99 heavy (non-hydrogen) atoms. The Labute approximate surface area is 573 Å². The molecule has 5 heterocycles. The fourth-order valence-electron chi connectivity index (χ4n) is 13.5. The van der Waals surface area contributed by atoms with Crippen molar-refractivity contribution in [2.24, 2.45) is 21.7 Å². The van der Waals surface area contributed by atoms with Crippen LogP contribution in [-0.2, 0) is 46.7 Å². The molecule has 25 heteroatoms. The van der Waals surface area contributed by atoms with E-state index in [9.17, 15) is 48.3 Å². The van der Waals surface area contributed by atoms with Gasteiger partial charge in [-0.25, -0.2) is 9.69 Å². The summed E-state index contributed by atoms with van der Waals surface area (Å²) < 4.78 is 29.8. The first-order chi connectivity index (χ1) is 47.7. The van der Waals surface area contributed by atoms with Crippen molar-refractivity contribution in [3.05, 3.63) is 130 Å². The smallest absolute Gasteiger partial charge is 0.416 e. The van der Waals surface area contributed by atoms with Gasteiger partial charge < -0.3 is 70.1 Å². The zero-order valence-electron chi connectivity index (χ0n) is 56.1. The Hall–Kier alpha value is -10.5. The molecule has 5 aromatic rings. The van der Waals surface area contributed by atoms with Crippen molar-refractivity contribution < 1.29 is 71.9 Å². The van der Waals surface area contributed by atoms with Crippen LogP contribution >= 0.6 is 0 Å². The average Bonchev–Trinajstić information content (AvgIpc) is 1.58. The minimum Gasteiger partial charge on any atom is -0.493 e. The van der Waals surface area contributed by atoms with Crippen LogP contribution in [0.5, 0.6) is 23.0 Å². The van der Waals surface area contributed by atoms with Crippen LogP contribution in [0.1, 0.15) is 134 Å². The number of unbranched alkanes of at least 4 members (excludes halogenated alkanes) is 2. The Balaban J connectivity index is 0.590. The van der Waals surface area contributed by atoms with E-state index in [2.05, 4.69) is 38.4 Å². The SMILES string of the molecule is COc1cc2c(cc1OCCCCCOc1cc3c(cc1OC)C(=O)N1CC4(CC4)C[C@H]1[C@@H](O)N3C(=O)OCc1ccc(NC(=O)[C@H](C)NC(=O)[C@@H](NC(=O)CNC(=O)CNC(=O)CCC(=O)N3Cc4ccccc4C#Cc4ccccc43)C(C)C)cc1)N=C[C@@H]1CC3(CC3)CN1C2=O. The van der Waals surface area contributed by atoms with E-state index in [0.29, 0.717) is 84.1 Å². The van der Waals surface area contributed by atoms with Crippen LogP contribution in [0.15, 0.2) is 102 Å². The molecule has 5 atom stereocenters. The number of anilines is 3. The summed E-state index contributed by atoms with van der Waals surface area (Å²) in [7, 11) is 3.01. The summed E-state index contributed by atoms with van der Waals surface area (Å²) in [6, 6.07) is 24.9. The summed E-state index contributed by atoms with van der Waals surface area (Å²) in [6.45, 7) is 5.67. The van der Waals surface area contributed by atoms with Crippen LogP contribution in [0, 0.1) is 28.6 Å². The maximum absolute atomic E-state index is 14.4. The van der Waals surface area contributed by atoms with Crippen molar-refractivity contribution >= 4 is 82.3 Å². The number of fused-ring (bicyclic) bond motifs is 6. The standard InChI is InChI=1S/C74H82N10O15/c1-44(2)66(80-64(87)39-77-63(86)38-76-62(85)23-24-65(88)81-40-49-15-8-7-13-47(49)19-20-48-14-9-10-16-55(48)81)68(90)78-45(3)67(89)79-50-21-17-46(18-22-50)41-99-72(94)84-56-34-61(59(96-5)32-53(56)70(92)83-43-74(27-28-74)36-57(83)71(84)93)98-30-12-6-11-29-97-60-33-54-52(31-58(60)95-4)69(91)82-42-73(25-26-73)35-51(82)37-75-54/h7-10,13-18,21-22,31-34,37,44-45,51,57,66,71,93H,6,11-12,23-30,35-36,38-43H2,1-5H3,(H,76,85)(H,77,86)(H,78,90)(H,79,89)(H,80,87)/t45-,51-,57-,66-,71+/m0/s1. The van der Waals surface area contributed by atoms with Gasteiger partial charge in [-0.05, 0) is 135 Å². The van der Waals surface area contributed by atoms with E-state index in [4.69, 9.17) is 28.7 Å². The van der Waals surface area contributed by atoms with E-state index in [0.717, 1.165) is 54.7 Å². The fourth-order valence-corrected chi connectivity index (χ4v) is 13.5. The monoisotopic (exact) mass is 1350 g/mol. The number of aliphatic imine (C=N–C) groups is 1. The predicted octanol–water partition coefficient (Wildman–Crippen LogP) is 7.06. The van der Waals surface area contributed by atoms with Gasteiger partial charge in [0.1, 0.15) is 18.7 Å². The second kappa shape index (κ2) is 29.3. The first-order valence-corrected chi connectivity index (χ1v) is 33.7. The number of aliphatic hydroxyl groups excluding tert-OH is 1. The molecule has 2 spiro atoms. The van der Waals surface area contributed by atoms with Crippen molar-refractivity contribution in [2.75, 3.05) is 68.7 Å². The molecule has 4 fully saturated rings. The Bertz CT molecular complexity index is 4100. The Morgan fingerprint density at radius 2 is 1.28 bits per heavy atom. The number of amides is 9. The van der Waals surface area contributed by atoms with Gasteiger partial charge in [-0.2, -0.15) is 0 Å². The van der Waals surface area contributed by atoms with E-state index >= 15 is 0 Å². The van der Waals surface area contributed by atoms with Crippen molar-refractivity contribution in [3.63, 3.8) is 0 Å². The van der Waals surface area contributed by atoms with Crippen LogP contribution in [0.4, 0.5) is 27.5 Å². The van der Waals surface area contributed by atoms with Gasteiger partial charge in [0.05, 0.1) is 87.3 Å². The highest BCUT2D eigenvalue weighted by molar-refractivity contribution is 6.07. The zero-order valence-corrected chi connectivity index (χ0v) is 56.1. The van der Waals surface area contributed by atoms with Crippen LogP contribution in [-0.4, -0.2) is 158 Å². The van der Waals surface area contributed by atoms with Crippen LogP contribution < -0.4 is 55.3 Å². The molecule has 6 N–H and O–H groups in total. The van der Waals surface area contributed by atoms with E-state index in [1.165, 1.54) is 26.2 Å². The summed E-state index contributed by atoms with van der Waals surface area (Å²) in [5.41, 5.74) is 5.25. The summed E-state index contributed by atoms with van der Waals surface area (Å²) in [5.74, 6) is 3.48. The molecule has 5 aromatic carbocycles. The lowest BCUT2D eigenvalue weighted by atomic mass is 10.0. The molecule has 12 rings (SSSR count). The van der Waals surface area contributed by atoms with E-state index in [-0.39, 0.29) is 89.9 Å². The molecular formula is C74H82N10O15. The molecule has 0 radical (unpaired) electrons. The number of benzene rings is 5. The van der Waals surface area contributed by atoms with E-state index in [1.54, 1.807) is 73.2 Å². The Kier molecular flexibility index (Phi) is 20.3. The van der Waals surface area contributed by atoms with E-state index < -0.39 is 79.0 Å². The lowest BCUT2D eigenvalue weighted by Gasteiger charge is -2.31. The molecule has 7 aliphatic rings. The summed E-state index contributed by atoms with van der Waals surface area (Å²) in [5, 5.41) is 25.0. The van der Waals surface area contributed by atoms with E-state index in [1.807, 2.05) is 53.6 Å². The number of carbonyl (C=O) groups excluding carboxylic acids is 9. The van der Waals surface area contributed by atoms with Gasteiger partial charge in [-0.3, -0.25) is 43.3 Å². The molecule has 518 valence electrons. The number of hydrogen-bond acceptors (Lipinski definition) is 16. The predicted molar refractivity (Wildman–Crippen MR) is 365 cm³/mol. The largest absolute Gasteiger partial charge is 0.493 e. The highest BCUT2D eigenvalue weighted by atomic mass is 16.6. The maximum Gasteiger partial charge on any atom is 0.416 e. The maximum atomic E-state index is 14.4. The molecular weight excluding hydrogens is 1270 g/mol. The lowest BCUT2D eigenvalue weighted by molar-refractivity contribution is -0.132. The minimum atomic E-state index is -1.47. The molecule has 0 unspecified atom stereocenters. The third-order valence-corrected chi connectivity index (χ3v) is 19.5. The topological polar surface area (TPSA) is 305 Å². The first-order valence-electron chi connectivity index (χ1n) is 33.7. The van der Waals surface area contributed by atoms with Crippen molar-refractivity contribution in [1.82, 2.24) is 31.1 Å². The zero-order chi connectivity index (χ0) is 69.7. The number of aliphatic hydroxyl groups is 1. The highest BCUT2D eigenvalue weighted by Gasteiger charge is 2.58. The third-order valence-electron chi connectivity index (χ3n) is 19.5. The second-order valence-electron chi connectivity index (χ2n) is 27.0. The molecule has 2 saturated heterocycles. The number of methoxy groups -OCH3 is 2. The van der Waals surface area contributed by atoms with Crippen LogP contribution in [0.3, 0.4) is 0 Å². The first kappa shape index (κ1) is 68.5. The normalized spacial score (nSPS) is 18.9. The summed E-state index contributed by atoms with van der Waals surface area (Å²) in [6.07, 6.45) is 6.66. The number of nitrogens with zero attached hydrogens (tertiary/aromatic N) is 5. The number of nitrogens with one attached hydrogen (secondary N) is 5. The van der Waals surface area contributed by atoms with Gasteiger partial charge in [-0.1, -0.05) is 68.2 Å². The quantitative estimate of drug-likeness (QED) is 0.0252. The molecule has 25 nitrogen and oxygen atoms in total. The summed E-state index contributed by atoms with van der Waals surface area (Å²) in [4.78, 5) is 133. The third kappa shape index (κ3) is 15.5. The van der Waals surface area contributed by atoms with Crippen molar-refractivity contribution in [2.45, 2.75) is 135 Å². The molecule has 9 amide bonds. The lowest BCUT2D eigenvalue weighted by Crippen LogP contribution is -2.55. The summed E-state index contributed by atoms with van der Waals surface area (Å²) >= 11 is 0. The Morgan fingerprint density at radius 1 is 0.657 bits per heavy atom. The van der Waals surface area contributed by atoms with Gasteiger partial charge in [0.2, 0.25) is 35.4 Å². The number of hydrogen-bond donors (Lipinski definition) is 6. The number of carbonyl (C=O) groups is 9. The number of para-hydroxylation sites is 1. The van der Waals surface area contributed by atoms with Crippen molar-refractivity contribution in [3.8, 4) is 34.8 Å². The van der Waals surface area contributed by atoms with Gasteiger partial charge in [0, 0.05) is 61.1 Å². The Morgan fingerprint density at radius 3 is 1.99 bits per heavy atom. The van der Waals surface area contributed by atoms with Gasteiger partial charge in [0.15, 0.2) is 29.2 Å². The molecule has 2 saturated carbocycles. The molecule has 0 aromatic heterocycles. The van der Waals surface area contributed by atoms with Crippen LogP contribution in [0.25, 0.3) is 0 Å². The second-order valence-corrected chi connectivity index (χ2v) is 27.0. The number of ether oxygens (including phenoxy) is 5. The number of rotatable bonds is 25. The molecule has 5 aliphatic heterocycles. The van der Waals surface area contributed by atoms with Crippen LogP contribution in [0.2, 0.25) is 0 Å². The van der Waals surface area contributed by atoms with Gasteiger partial charge in [-0.15, -0.1) is 0 Å². The highest BCUT2D eigenvalue weighted by Crippen LogP contribution is 2.58. The average molecular weight is 1350 g/mol. The molecule has 0 bridgehead atoms. The van der Waals surface area contributed by atoms with Gasteiger partial charge >= 0.3 is 6.09 Å². The fraction of sp³-hybridized carbons (Fsp3) is 0.432.